The van der Waals surface area contributed by atoms with Gasteiger partial charge in [-0.15, -0.1) is 0 Å². The SMILES string of the molecule is Cc1nc(-c2ccc3c(c2)c2ccccc2n3-c2ccccc2)nc(-c2ccc3c(c2)c2ccccc2n3-c2ccccc2)n1.Cc1nc(-c2ccccn2)nc(-c2ccccn2)n1.Cc1nc(-c2cccnc2)nc(-c2cccnc2)n1.Cc1nc(-c2ccncc2)nc(-c2ccncc2)n1.Cc1nc(-n2c3ccccc3c3ccccc32)nc(-n2c3ccccc3c3ccccc32)n1. The summed E-state index contributed by atoms with van der Waals surface area (Å²) < 4.78 is 8.91. The zero-order valence-electron chi connectivity index (χ0n) is 73.6. The summed E-state index contributed by atoms with van der Waals surface area (Å²) in [7, 11) is 0. The van der Waals surface area contributed by atoms with Crippen molar-refractivity contribution in [3.63, 3.8) is 0 Å². The molecular weight excluding hydrogens is 1670 g/mol. The fourth-order valence-electron chi connectivity index (χ4n) is 16.8. The lowest BCUT2D eigenvalue weighted by Crippen LogP contribution is -2.10. The summed E-state index contributed by atoms with van der Waals surface area (Å²) in [5.74, 6) is 9.65. The molecule has 135 heavy (non-hydrogen) atoms. The molecule has 0 amide bonds. The highest BCUT2D eigenvalue weighted by atomic mass is 15.3. The van der Waals surface area contributed by atoms with E-state index in [4.69, 9.17) is 29.9 Å². The Hall–Kier alpha value is -18.7. The quantitative estimate of drug-likeness (QED) is 0.110. The molecule has 0 bridgehead atoms. The number of benzene rings is 10. The van der Waals surface area contributed by atoms with Crippen LogP contribution >= 0.6 is 0 Å². The molecule has 0 aliphatic heterocycles. The lowest BCUT2D eigenvalue weighted by atomic mass is 10.1. The number of nitrogens with zero attached hydrogens (tertiary/aromatic N) is 25. The van der Waals surface area contributed by atoms with Crippen LogP contribution in [0.25, 0.3) is 202 Å². The third kappa shape index (κ3) is 17.2. The highest BCUT2D eigenvalue weighted by Gasteiger charge is 2.23. The minimum atomic E-state index is 0.564. The highest BCUT2D eigenvalue weighted by molar-refractivity contribution is 6.13. The molecule has 0 fully saturated rings. The van der Waals surface area contributed by atoms with E-state index >= 15 is 0 Å². The van der Waals surface area contributed by atoms with Crippen LogP contribution in [0.5, 0.6) is 0 Å². The monoisotopic (exact) mass is 1750 g/mol. The van der Waals surface area contributed by atoms with Gasteiger partial charge >= 0.3 is 0 Å². The number of pyridine rings is 6. The van der Waals surface area contributed by atoms with Crippen molar-refractivity contribution in [3.05, 3.63) is 419 Å². The molecule has 0 aliphatic rings. The van der Waals surface area contributed by atoms with Gasteiger partial charge in [0.15, 0.2) is 46.6 Å². The number of fused-ring (bicyclic) bond motifs is 12. The second-order valence-corrected chi connectivity index (χ2v) is 31.6. The van der Waals surface area contributed by atoms with Crippen LogP contribution < -0.4 is 0 Å². The summed E-state index contributed by atoms with van der Waals surface area (Å²) in [5.41, 5.74) is 18.2. The van der Waals surface area contributed by atoms with Crippen LogP contribution in [-0.4, -0.2) is 123 Å². The number of aromatic nitrogens is 25. The van der Waals surface area contributed by atoms with Crippen molar-refractivity contribution >= 4 is 87.2 Å². The van der Waals surface area contributed by atoms with Crippen LogP contribution in [-0.2, 0) is 0 Å². The van der Waals surface area contributed by atoms with E-state index < -0.39 is 0 Å². The van der Waals surface area contributed by atoms with Crippen molar-refractivity contribution in [1.82, 2.24) is 123 Å². The van der Waals surface area contributed by atoms with Gasteiger partial charge < -0.3 is 9.13 Å². The van der Waals surface area contributed by atoms with Crippen LogP contribution in [0.2, 0.25) is 0 Å². The van der Waals surface area contributed by atoms with Gasteiger partial charge in [-0.2, -0.15) is 15.0 Å². The van der Waals surface area contributed by atoms with Gasteiger partial charge in [-0.05, 0) is 204 Å². The molecule has 0 radical (unpaired) electrons. The maximum Gasteiger partial charge on any atom is 0.239 e. The van der Waals surface area contributed by atoms with Gasteiger partial charge in [-0.3, -0.25) is 39.0 Å². The zero-order chi connectivity index (χ0) is 91.1. The summed E-state index contributed by atoms with van der Waals surface area (Å²) in [6.45, 7) is 9.41. The average molecular weight is 1750 g/mol. The number of aryl methyl sites for hydroxylation is 5. The zero-order valence-corrected chi connectivity index (χ0v) is 73.6. The average Bonchev–Trinajstić information content (AvgIpc) is 1.59. The Balaban J connectivity index is 0.000000107. The van der Waals surface area contributed by atoms with Gasteiger partial charge in [0.1, 0.15) is 40.5 Å². The largest absolute Gasteiger partial charge is 0.309 e. The van der Waals surface area contributed by atoms with Gasteiger partial charge in [0, 0.05) is 150 Å². The van der Waals surface area contributed by atoms with E-state index in [1.807, 2.05) is 120 Å². The Bertz CT molecular complexity index is 7730. The molecule has 25 aromatic rings. The van der Waals surface area contributed by atoms with Crippen molar-refractivity contribution in [2.24, 2.45) is 0 Å². The molecule has 25 rings (SSSR count). The first-order valence-corrected chi connectivity index (χ1v) is 43.7. The number of hydrogen-bond acceptors (Lipinski definition) is 21. The molecule has 0 saturated heterocycles. The van der Waals surface area contributed by atoms with Gasteiger partial charge in [0.25, 0.3) is 0 Å². The third-order valence-electron chi connectivity index (χ3n) is 22.7. The number of rotatable bonds is 12. The van der Waals surface area contributed by atoms with E-state index in [-0.39, 0.29) is 0 Å². The summed E-state index contributed by atoms with van der Waals surface area (Å²) in [6, 6.07) is 111. The molecule has 0 unspecified atom stereocenters. The van der Waals surface area contributed by atoms with Crippen LogP contribution in [0.3, 0.4) is 0 Å². The first-order chi connectivity index (χ1) is 66.5. The molecular formula is C110H79N25. The lowest BCUT2D eigenvalue weighted by molar-refractivity contribution is 0.855. The molecule has 0 saturated carbocycles. The van der Waals surface area contributed by atoms with Crippen molar-refractivity contribution in [3.8, 4) is 115 Å². The van der Waals surface area contributed by atoms with E-state index in [0.29, 0.717) is 87.6 Å². The molecule has 10 aromatic carbocycles. The minimum absolute atomic E-state index is 0.564. The maximum absolute atomic E-state index is 5.04. The number of para-hydroxylation sites is 8. The Labute approximate surface area is 773 Å². The predicted molar refractivity (Wildman–Crippen MR) is 530 cm³/mol. The smallest absolute Gasteiger partial charge is 0.239 e. The second-order valence-electron chi connectivity index (χ2n) is 31.6. The van der Waals surface area contributed by atoms with Crippen molar-refractivity contribution in [2.45, 2.75) is 34.6 Å². The van der Waals surface area contributed by atoms with Crippen LogP contribution in [0.4, 0.5) is 0 Å². The van der Waals surface area contributed by atoms with E-state index in [2.05, 4.69) is 336 Å². The first-order valence-electron chi connectivity index (χ1n) is 43.7. The Morgan fingerprint density at radius 2 is 0.452 bits per heavy atom. The van der Waals surface area contributed by atoms with Crippen molar-refractivity contribution in [1.29, 1.82) is 0 Å². The Kier molecular flexibility index (Phi) is 22.9. The molecule has 15 heterocycles. The van der Waals surface area contributed by atoms with Gasteiger partial charge in [0.05, 0.1) is 44.1 Å². The summed E-state index contributed by atoms with van der Waals surface area (Å²) in [4.78, 5) is 93.3. The minimum Gasteiger partial charge on any atom is -0.309 e. The summed E-state index contributed by atoms with van der Waals surface area (Å²) in [6.07, 6.45) is 17.2. The standard InChI is InChI=1S/C40H27N5.C28H19N5.3C14H11N5/c1-26-41-39(27-20-22-37-33(24-27)31-16-8-10-18-35(31)44(37)29-12-4-2-5-13-29)43-40(42-26)28-21-23-38-34(25-28)32-17-9-11-19-36(32)45(38)30-14-6-3-7-15-30;1-18-29-27(32-23-14-6-2-10-19(23)20-11-3-7-15-24(20)32)31-28(30-18)33-25-16-8-4-12-21(25)22-13-5-9-17-26(22)33;1-10-17-13(11-2-6-15-7-3-11)19-14(18-10)12-4-8-16-9-5-12;1-10-17-13(11-4-2-6-15-8-11)19-14(18-10)12-5-3-7-16-9-12;1-10-17-13(11-6-2-4-8-15-11)19-14(18-10)12-7-3-5-9-16-12/h2-25H,1H3;2-17H,1H3;3*2-9H,1H3. The fraction of sp³-hybridized carbons (Fsp3) is 0.0455. The van der Waals surface area contributed by atoms with Crippen molar-refractivity contribution < 1.29 is 0 Å². The molecule has 0 atom stereocenters. The van der Waals surface area contributed by atoms with E-state index in [0.717, 1.165) is 89.2 Å². The summed E-state index contributed by atoms with van der Waals surface area (Å²) in [5, 5.41) is 9.47. The topological polar surface area (TPSA) is 290 Å². The second kappa shape index (κ2) is 37.2. The normalized spacial score (nSPS) is 11.1. The predicted octanol–water partition coefficient (Wildman–Crippen LogP) is 23.0. The Morgan fingerprint density at radius 1 is 0.170 bits per heavy atom. The first kappa shape index (κ1) is 83.3. The molecule has 15 aromatic heterocycles. The van der Waals surface area contributed by atoms with E-state index in [1.54, 1.807) is 62.0 Å². The van der Waals surface area contributed by atoms with Crippen molar-refractivity contribution in [2.75, 3.05) is 0 Å². The van der Waals surface area contributed by atoms with E-state index in [9.17, 15) is 0 Å². The van der Waals surface area contributed by atoms with Gasteiger partial charge in [-0.25, -0.2) is 59.8 Å². The van der Waals surface area contributed by atoms with Gasteiger partial charge in [-0.1, -0.05) is 158 Å². The fourth-order valence-corrected chi connectivity index (χ4v) is 16.8. The highest BCUT2D eigenvalue weighted by Crippen LogP contribution is 2.40. The third-order valence-corrected chi connectivity index (χ3v) is 22.7. The maximum atomic E-state index is 5.04. The molecule has 0 aliphatic carbocycles. The van der Waals surface area contributed by atoms with Crippen LogP contribution in [0.1, 0.15) is 29.1 Å². The van der Waals surface area contributed by atoms with Gasteiger partial charge in [0.2, 0.25) is 11.9 Å². The lowest BCUT2D eigenvalue weighted by Gasteiger charge is -2.11. The molecule has 644 valence electrons. The molecule has 0 spiro atoms. The number of hydrogen-bond donors (Lipinski definition) is 0. The van der Waals surface area contributed by atoms with Crippen LogP contribution in [0.15, 0.2) is 390 Å². The molecule has 0 N–H and O–H groups in total. The Morgan fingerprint density at radius 3 is 0.785 bits per heavy atom. The summed E-state index contributed by atoms with van der Waals surface area (Å²) >= 11 is 0. The van der Waals surface area contributed by atoms with E-state index in [1.165, 1.54) is 54.1 Å². The molecule has 25 heteroatoms. The van der Waals surface area contributed by atoms with Crippen LogP contribution in [0, 0.1) is 34.6 Å². The molecule has 25 nitrogen and oxygen atoms in total.